The van der Waals surface area contributed by atoms with Gasteiger partial charge in [0.05, 0.1) is 6.54 Å². The molecule has 1 fully saturated rings. The minimum Gasteiger partial charge on any atom is -0.484 e. The molecule has 0 bridgehead atoms. The summed E-state index contributed by atoms with van der Waals surface area (Å²) in [6.45, 7) is 3.23. The number of fused-ring (bicyclic) bond motifs is 2. The Bertz CT molecular complexity index is 1120. The Morgan fingerprint density at radius 3 is 2.84 bits per heavy atom. The van der Waals surface area contributed by atoms with Gasteiger partial charge in [-0.2, -0.15) is 5.10 Å². The van der Waals surface area contributed by atoms with E-state index in [2.05, 4.69) is 0 Å². The first-order chi connectivity index (χ1) is 15.2. The van der Waals surface area contributed by atoms with Gasteiger partial charge < -0.3 is 18.8 Å². The highest BCUT2D eigenvalue weighted by molar-refractivity contribution is 5.79. The second kappa shape index (κ2) is 8.50. The standard InChI is InChI=1S/C22H24N4O5/c27-20(14-30-17-3-1-15-2-4-21(28)31-18(15)13-17)25-8-5-19-23-22(24-26(19)10-9-25)16-6-11-29-12-7-16/h1-4,13,16H,5-12,14H2. The van der Waals surface area contributed by atoms with Gasteiger partial charge >= 0.3 is 5.63 Å². The van der Waals surface area contributed by atoms with Crippen LogP contribution in [0, 0.1) is 0 Å². The number of ether oxygens (including phenoxy) is 2. The second-order valence-corrected chi connectivity index (χ2v) is 7.87. The first-order valence-electron chi connectivity index (χ1n) is 10.6. The van der Waals surface area contributed by atoms with Gasteiger partial charge in [-0.1, -0.05) is 0 Å². The molecule has 31 heavy (non-hydrogen) atoms. The third kappa shape index (κ3) is 4.32. The zero-order chi connectivity index (χ0) is 21.2. The van der Waals surface area contributed by atoms with Crippen molar-refractivity contribution in [3.05, 3.63) is 52.4 Å². The van der Waals surface area contributed by atoms with Gasteiger partial charge in [0.25, 0.3) is 5.91 Å². The highest BCUT2D eigenvalue weighted by atomic mass is 16.5. The van der Waals surface area contributed by atoms with E-state index in [-0.39, 0.29) is 12.5 Å². The Kier molecular flexibility index (Phi) is 5.42. The Morgan fingerprint density at radius 2 is 1.97 bits per heavy atom. The third-order valence-corrected chi connectivity index (χ3v) is 5.85. The number of hydrogen-bond acceptors (Lipinski definition) is 7. The first-order valence-corrected chi connectivity index (χ1v) is 10.6. The topological polar surface area (TPSA) is 99.7 Å². The van der Waals surface area contributed by atoms with Crippen LogP contribution in [0.4, 0.5) is 0 Å². The predicted octanol–water partition coefficient (Wildman–Crippen LogP) is 1.74. The fourth-order valence-electron chi connectivity index (χ4n) is 4.07. The number of aromatic nitrogens is 3. The molecule has 162 valence electrons. The lowest BCUT2D eigenvalue weighted by Crippen LogP contribution is -2.37. The van der Waals surface area contributed by atoms with Crippen LogP contribution in [-0.4, -0.2) is 58.5 Å². The highest BCUT2D eigenvalue weighted by Gasteiger charge is 2.25. The molecular weight excluding hydrogens is 400 g/mol. The molecule has 4 heterocycles. The van der Waals surface area contributed by atoms with Gasteiger partial charge in [-0.05, 0) is 31.0 Å². The molecule has 3 aromatic rings. The molecule has 0 aliphatic carbocycles. The zero-order valence-electron chi connectivity index (χ0n) is 17.2. The third-order valence-electron chi connectivity index (χ3n) is 5.85. The van der Waals surface area contributed by atoms with Crippen LogP contribution in [0.5, 0.6) is 5.75 Å². The molecule has 0 spiro atoms. The molecule has 2 aromatic heterocycles. The number of carbonyl (C=O) groups excluding carboxylic acids is 1. The van der Waals surface area contributed by atoms with E-state index in [1.165, 1.54) is 6.07 Å². The number of carbonyl (C=O) groups is 1. The summed E-state index contributed by atoms with van der Waals surface area (Å²) in [5.74, 6) is 2.60. The van der Waals surface area contributed by atoms with Gasteiger partial charge in [-0.25, -0.2) is 14.5 Å². The molecule has 0 saturated carbocycles. The molecule has 9 heteroatoms. The van der Waals surface area contributed by atoms with E-state index in [0.29, 0.717) is 43.3 Å². The van der Waals surface area contributed by atoms with Crippen molar-refractivity contribution in [2.75, 3.05) is 32.9 Å². The minimum atomic E-state index is -0.420. The van der Waals surface area contributed by atoms with Crippen LogP contribution in [0.2, 0.25) is 0 Å². The molecule has 9 nitrogen and oxygen atoms in total. The largest absolute Gasteiger partial charge is 0.484 e. The Balaban J connectivity index is 1.19. The molecule has 0 radical (unpaired) electrons. The maximum absolute atomic E-state index is 12.7. The number of rotatable bonds is 4. The molecule has 1 saturated heterocycles. The smallest absolute Gasteiger partial charge is 0.336 e. The molecule has 0 unspecified atom stereocenters. The van der Waals surface area contributed by atoms with Crippen LogP contribution < -0.4 is 10.4 Å². The highest BCUT2D eigenvalue weighted by Crippen LogP contribution is 2.25. The average molecular weight is 424 g/mol. The number of amides is 1. The Hall–Kier alpha value is -3.20. The molecule has 2 aliphatic heterocycles. The van der Waals surface area contributed by atoms with Gasteiger partial charge in [0.15, 0.2) is 12.4 Å². The normalized spacial score (nSPS) is 17.4. The van der Waals surface area contributed by atoms with Gasteiger partial charge in [0, 0.05) is 56.2 Å². The van der Waals surface area contributed by atoms with Crippen molar-refractivity contribution in [2.24, 2.45) is 0 Å². The fourth-order valence-corrected chi connectivity index (χ4v) is 4.07. The summed E-state index contributed by atoms with van der Waals surface area (Å²) >= 11 is 0. The summed E-state index contributed by atoms with van der Waals surface area (Å²) in [5, 5.41) is 5.50. The molecule has 0 N–H and O–H groups in total. The van der Waals surface area contributed by atoms with Crippen molar-refractivity contribution in [1.82, 2.24) is 19.7 Å². The predicted molar refractivity (Wildman–Crippen MR) is 111 cm³/mol. The lowest BCUT2D eigenvalue weighted by Gasteiger charge is -2.20. The van der Waals surface area contributed by atoms with E-state index < -0.39 is 5.63 Å². The van der Waals surface area contributed by atoms with E-state index in [9.17, 15) is 9.59 Å². The zero-order valence-corrected chi connectivity index (χ0v) is 17.2. The van der Waals surface area contributed by atoms with Crippen LogP contribution in [0.3, 0.4) is 0 Å². The minimum absolute atomic E-state index is 0.0777. The first kappa shape index (κ1) is 19.7. The van der Waals surface area contributed by atoms with Crippen LogP contribution in [0.1, 0.15) is 30.4 Å². The van der Waals surface area contributed by atoms with E-state index in [1.54, 1.807) is 29.2 Å². The van der Waals surface area contributed by atoms with Gasteiger partial charge in [0.1, 0.15) is 17.2 Å². The van der Waals surface area contributed by atoms with Gasteiger partial charge in [0.2, 0.25) is 0 Å². The van der Waals surface area contributed by atoms with Crippen LogP contribution >= 0.6 is 0 Å². The Morgan fingerprint density at radius 1 is 1.13 bits per heavy atom. The summed E-state index contributed by atoms with van der Waals surface area (Å²) in [6.07, 6.45) is 2.59. The summed E-state index contributed by atoms with van der Waals surface area (Å²) in [5.41, 5.74) is 0.0143. The van der Waals surface area contributed by atoms with E-state index >= 15 is 0 Å². The molecule has 0 atom stereocenters. The van der Waals surface area contributed by atoms with Crippen LogP contribution in [0.15, 0.2) is 39.5 Å². The van der Waals surface area contributed by atoms with Crippen molar-refractivity contribution < 1.29 is 18.7 Å². The monoisotopic (exact) mass is 424 g/mol. The van der Waals surface area contributed by atoms with Gasteiger partial charge in [-0.15, -0.1) is 0 Å². The molecule has 1 aromatic carbocycles. The maximum atomic E-state index is 12.7. The van der Waals surface area contributed by atoms with E-state index in [1.807, 2.05) is 4.68 Å². The van der Waals surface area contributed by atoms with Crippen molar-refractivity contribution >= 4 is 16.9 Å². The average Bonchev–Trinajstić information content (AvgIpc) is 3.10. The molecule has 2 aliphatic rings. The number of nitrogens with zero attached hydrogens (tertiary/aromatic N) is 4. The summed E-state index contributed by atoms with van der Waals surface area (Å²) in [4.78, 5) is 30.6. The van der Waals surface area contributed by atoms with Crippen molar-refractivity contribution in [1.29, 1.82) is 0 Å². The van der Waals surface area contributed by atoms with E-state index in [0.717, 1.165) is 43.1 Å². The molecule has 5 rings (SSSR count). The SMILES string of the molecule is O=C(COc1ccc2ccc(=O)oc2c1)N1CCc2nc(C3CCOCC3)nn2CC1. The van der Waals surface area contributed by atoms with Crippen LogP contribution in [0.25, 0.3) is 11.0 Å². The van der Waals surface area contributed by atoms with Crippen molar-refractivity contribution in [3.8, 4) is 5.75 Å². The van der Waals surface area contributed by atoms with Crippen LogP contribution in [-0.2, 0) is 22.5 Å². The second-order valence-electron chi connectivity index (χ2n) is 7.87. The lowest BCUT2D eigenvalue weighted by atomic mass is 10.00. The van der Waals surface area contributed by atoms with Gasteiger partial charge in [-0.3, -0.25) is 4.79 Å². The summed E-state index contributed by atoms with van der Waals surface area (Å²) < 4.78 is 18.2. The number of benzene rings is 1. The number of hydrogen-bond donors (Lipinski definition) is 0. The summed E-state index contributed by atoms with van der Waals surface area (Å²) in [7, 11) is 0. The molecule has 1 amide bonds. The van der Waals surface area contributed by atoms with Crippen molar-refractivity contribution in [3.63, 3.8) is 0 Å². The Labute approximate surface area is 178 Å². The van der Waals surface area contributed by atoms with Crippen molar-refractivity contribution in [2.45, 2.75) is 31.7 Å². The quantitative estimate of drug-likeness (QED) is 0.588. The van der Waals surface area contributed by atoms with E-state index in [4.69, 9.17) is 24.0 Å². The molecular formula is C22H24N4O5. The lowest BCUT2D eigenvalue weighted by molar-refractivity contribution is -0.133. The maximum Gasteiger partial charge on any atom is 0.336 e. The fraction of sp³-hybridized carbons (Fsp3) is 0.455. The summed E-state index contributed by atoms with van der Waals surface area (Å²) in [6, 6.07) is 8.25.